The SMILES string of the molecule is COc1ccccc1N1CC(=O)N(c2ccc(Br)cc2)C(c2ccccc2)C1=O. The molecule has 6 heteroatoms. The number of carbonyl (C=O) groups is 2. The molecule has 3 aromatic rings. The third-order valence-electron chi connectivity index (χ3n) is 4.92. The van der Waals surface area contributed by atoms with Gasteiger partial charge in [-0.1, -0.05) is 58.4 Å². The average molecular weight is 451 g/mol. The van der Waals surface area contributed by atoms with Crippen LogP contribution in [0.5, 0.6) is 5.75 Å². The molecule has 4 rings (SSSR count). The van der Waals surface area contributed by atoms with Crippen LogP contribution in [0.3, 0.4) is 0 Å². The van der Waals surface area contributed by atoms with Crippen molar-refractivity contribution in [2.45, 2.75) is 6.04 Å². The Balaban J connectivity index is 1.82. The Morgan fingerprint density at radius 1 is 0.897 bits per heavy atom. The molecule has 1 unspecified atom stereocenters. The van der Waals surface area contributed by atoms with E-state index in [1.165, 1.54) is 4.90 Å². The summed E-state index contributed by atoms with van der Waals surface area (Å²) in [5, 5.41) is 0. The minimum Gasteiger partial charge on any atom is -0.495 e. The van der Waals surface area contributed by atoms with Gasteiger partial charge < -0.3 is 4.74 Å². The Morgan fingerprint density at radius 3 is 2.24 bits per heavy atom. The molecule has 1 saturated heterocycles. The number of hydrogen-bond acceptors (Lipinski definition) is 3. The number of amides is 2. The van der Waals surface area contributed by atoms with Crippen LogP contribution in [-0.2, 0) is 9.59 Å². The number of anilines is 2. The van der Waals surface area contributed by atoms with E-state index in [2.05, 4.69) is 15.9 Å². The standard InChI is InChI=1S/C23H19BrN2O3/c1-29-20-10-6-5-9-19(20)25-15-21(27)26(18-13-11-17(24)12-14-18)22(23(25)28)16-7-3-2-4-8-16/h2-14,22H,15H2,1H3. The van der Waals surface area contributed by atoms with Gasteiger partial charge in [0.2, 0.25) is 5.91 Å². The fourth-order valence-corrected chi connectivity index (χ4v) is 3.83. The second kappa shape index (κ2) is 8.09. The lowest BCUT2D eigenvalue weighted by Crippen LogP contribution is -2.56. The molecule has 0 N–H and O–H groups in total. The Labute approximate surface area is 177 Å². The monoisotopic (exact) mass is 450 g/mol. The highest BCUT2D eigenvalue weighted by atomic mass is 79.9. The van der Waals surface area contributed by atoms with Crippen molar-refractivity contribution in [2.24, 2.45) is 0 Å². The van der Waals surface area contributed by atoms with Crippen LogP contribution in [0.2, 0.25) is 0 Å². The van der Waals surface area contributed by atoms with Crippen LogP contribution >= 0.6 is 15.9 Å². The number of hydrogen-bond donors (Lipinski definition) is 0. The number of ether oxygens (including phenoxy) is 1. The largest absolute Gasteiger partial charge is 0.495 e. The highest BCUT2D eigenvalue weighted by Crippen LogP contribution is 2.37. The summed E-state index contributed by atoms with van der Waals surface area (Å²) in [5.74, 6) is 0.215. The van der Waals surface area contributed by atoms with Crippen molar-refractivity contribution >= 4 is 39.1 Å². The van der Waals surface area contributed by atoms with Crippen molar-refractivity contribution in [3.8, 4) is 5.75 Å². The molecule has 0 saturated carbocycles. The highest BCUT2D eigenvalue weighted by molar-refractivity contribution is 9.10. The summed E-state index contributed by atoms with van der Waals surface area (Å²) in [6, 6.07) is 23.2. The van der Waals surface area contributed by atoms with Crippen molar-refractivity contribution in [3.05, 3.63) is 88.9 Å². The summed E-state index contributed by atoms with van der Waals surface area (Å²) in [6.45, 7) is -0.0569. The zero-order valence-electron chi connectivity index (χ0n) is 15.8. The molecular formula is C23H19BrN2O3. The summed E-state index contributed by atoms with van der Waals surface area (Å²) in [6.07, 6.45) is 0. The Morgan fingerprint density at radius 2 is 1.55 bits per heavy atom. The van der Waals surface area contributed by atoms with Gasteiger partial charge >= 0.3 is 0 Å². The summed E-state index contributed by atoms with van der Waals surface area (Å²) in [5.41, 5.74) is 2.03. The fraction of sp³-hybridized carbons (Fsp3) is 0.130. The first-order chi connectivity index (χ1) is 14.1. The van der Waals surface area contributed by atoms with E-state index in [0.717, 1.165) is 10.0 Å². The topological polar surface area (TPSA) is 49.9 Å². The van der Waals surface area contributed by atoms with Gasteiger partial charge in [0.05, 0.1) is 12.8 Å². The minimum absolute atomic E-state index is 0.0569. The zero-order chi connectivity index (χ0) is 20.4. The van der Waals surface area contributed by atoms with Gasteiger partial charge in [-0.15, -0.1) is 0 Å². The number of methoxy groups -OCH3 is 1. The van der Waals surface area contributed by atoms with Crippen LogP contribution in [0, 0.1) is 0 Å². The predicted molar refractivity (Wildman–Crippen MR) is 116 cm³/mol. The van der Waals surface area contributed by atoms with E-state index in [1.807, 2.05) is 66.7 Å². The molecule has 1 aliphatic rings. The van der Waals surface area contributed by atoms with Gasteiger partial charge in [0, 0.05) is 10.2 Å². The fourth-order valence-electron chi connectivity index (χ4n) is 3.57. The van der Waals surface area contributed by atoms with Crippen molar-refractivity contribution in [1.29, 1.82) is 0 Å². The van der Waals surface area contributed by atoms with E-state index in [1.54, 1.807) is 24.1 Å². The normalized spacial score (nSPS) is 16.8. The zero-order valence-corrected chi connectivity index (χ0v) is 17.4. The van der Waals surface area contributed by atoms with Crippen LogP contribution in [0.1, 0.15) is 11.6 Å². The Kier molecular flexibility index (Phi) is 5.36. The smallest absolute Gasteiger partial charge is 0.255 e. The molecule has 0 aliphatic carbocycles. The van der Waals surface area contributed by atoms with Crippen LogP contribution in [0.25, 0.3) is 0 Å². The van der Waals surface area contributed by atoms with Crippen LogP contribution in [0.15, 0.2) is 83.3 Å². The number of rotatable bonds is 4. The molecule has 146 valence electrons. The van der Waals surface area contributed by atoms with Gasteiger partial charge in [0.15, 0.2) is 0 Å². The summed E-state index contributed by atoms with van der Waals surface area (Å²) in [4.78, 5) is 30.0. The predicted octanol–water partition coefficient (Wildman–Crippen LogP) is 4.58. The highest BCUT2D eigenvalue weighted by Gasteiger charge is 2.42. The summed E-state index contributed by atoms with van der Waals surface area (Å²) >= 11 is 3.42. The quantitative estimate of drug-likeness (QED) is 0.584. The summed E-state index contributed by atoms with van der Waals surface area (Å²) in [7, 11) is 1.55. The van der Waals surface area contributed by atoms with Crippen molar-refractivity contribution in [1.82, 2.24) is 0 Å². The molecule has 2 amide bonds. The molecular weight excluding hydrogens is 432 g/mol. The maximum atomic E-state index is 13.7. The number of nitrogens with zero attached hydrogens (tertiary/aromatic N) is 2. The number of piperazine rings is 1. The molecule has 29 heavy (non-hydrogen) atoms. The number of halogens is 1. The van der Waals surface area contributed by atoms with Gasteiger partial charge in [-0.25, -0.2) is 0 Å². The van der Waals surface area contributed by atoms with Crippen LogP contribution in [-0.4, -0.2) is 25.5 Å². The van der Waals surface area contributed by atoms with Crippen molar-refractivity contribution in [3.63, 3.8) is 0 Å². The van der Waals surface area contributed by atoms with Gasteiger partial charge in [-0.2, -0.15) is 0 Å². The van der Waals surface area contributed by atoms with E-state index < -0.39 is 6.04 Å². The Hall–Kier alpha value is -3.12. The molecule has 3 aromatic carbocycles. The van der Waals surface area contributed by atoms with E-state index in [-0.39, 0.29) is 18.4 Å². The summed E-state index contributed by atoms with van der Waals surface area (Å²) < 4.78 is 6.33. The van der Waals surface area contributed by atoms with Crippen molar-refractivity contribution in [2.75, 3.05) is 23.5 Å². The van der Waals surface area contributed by atoms with E-state index >= 15 is 0 Å². The minimum atomic E-state index is -0.761. The lowest BCUT2D eigenvalue weighted by molar-refractivity contribution is -0.128. The molecule has 0 bridgehead atoms. The van der Waals surface area contributed by atoms with E-state index in [9.17, 15) is 9.59 Å². The van der Waals surface area contributed by atoms with E-state index in [4.69, 9.17) is 4.74 Å². The van der Waals surface area contributed by atoms with Crippen molar-refractivity contribution < 1.29 is 14.3 Å². The second-order valence-electron chi connectivity index (χ2n) is 6.65. The molecule has 1 fully saturated rings. The lowest BCUT2D eigenvalue weighted by atomic mass is 9.99. The van der Waals surface area contributed by atoms with E-state index in [0.29, 0.717) is 17.1 Å². The second-order valence-corrected chi connectivity index (χ2v) is 7.57. The molecule has 1 aliphatic heterocycles. The van der Waals surface area contributed by atoms with Gasteiger partial charge in [0.25, 0.3) is 5.91 Å². The first-order valence-electron chi connectivity index (χ1n) is 9.17. The number of benzene rings is 3. The maximum Gasteiger partial charge on any atom is 0.255 e. The van der Waals surface area contributed by atoms with Crippen LogP contribution < -0.4 is 14.5 Å². The molecule has 5 nitrogen and oxygen atoms in total. The third-order valence-corrected chi connectivity index (χ3v) is 5.44. The lowest BCUT2D eigenvalue weighted by Gasteiger charge is -2.40. The van der Waals surface area contributed by atoms with Crippen LogP contribution in [0.4, 0.5) is 11.4 Å². The van der Waals surface area contributed by atoms with Gasteiger partial charge in [0.1, 0.15) is 18.3 Å². The third kappa shape index (κ3) is 3.63. The maximum absolute atomic E-state index is 13.7. The molecule has 0 radical (unpaired) electrons. The first-order valence-corrected chi connectivity index (χ1v) is 9.96. The molecule has 1 atom stereocenters. The number of carbonyl (C=O) groups excluding carboxylic acids is 2. The number of para-hydroxylation sites is 2. The first kappa shape index (κ1) is 19.2. The molecule has 0 aromatic heterocycles. The average Bonchev–Trinajstić information content (AvgIpc) is 2.76. The molecule has 0 spiro atoms. The molecule has 1 heterocycles. The van der Waals surface area contributed by atoms with Gasteiger partial charge in [-0.3, -0.25) is 19.4 Å². The Bertz CT molecular complexity index is 1040. The van der Waals surface area contributed by atoms with Gasteiger partial charge in [-0.05, 0) is 42.0 Å².